The first kappa shape index (κ1) is 10.8. The molecular formula is C16H18O. The summed E-state index contributed by atoms with van der Waals surface area (Å²) < 4.78 is 0. The van der Waals surface area contributed by atoms with Crippen molar-refractivity contribution < 1.29 is 5.11 Å². The highest BCUT2D eigenvalue weighted by molar-refractivity contribution is 5.86. The van der Waals surface area contributed by atoms with Crippen LogP contribution in [0.5, 0.6) is 0 Å². The second-order valence-corrected chi connectivity index (χ2v) is 5.07. The van der Waals surface area contributed by atoms with Gasteiger partial charge in [0.2, 0.25) is 0 Å². The molecule has 1 N–H and O–H groups in total. The zero-order chi connectivity index (χ0) is 11.7. The maximum absolute atomic E-state index is 9.59. The molecule has 1 nitrogen and oxygen atoms in total. The molecule has 2 aromatic rings. The van der Waals surface area contributed by atoms with E-state index in [0.29, 0.717) is 5.92 Å². The van der Waals surface area contributed by atoms with Crippen LogP contribution in [0.3, 0.4) is 0 Å². The lowest BCUT2D eigenvalue weighted by atomic mass is 9.81. The van der Waals surface area contributed by atoms with Crippen molar-refractivity contribution in [3.8, 4) is 0 Å². The van der Waals surface area contributed by atoms with E-state index >= 15 is 0 Å². The number of benzene rings is 2. The van der Waals surface area contributed by atoms with Crippen LogP contribution in [0.15, 0.2) is 42.5 Å². The van der Waals surface area contributed by atoms with Gasteiger partial charge in [-0.1, -0.05) is 42.5 Å². The molecule has 1 saturated carbocycles. The van der Waals surface area contributed by atoms with Crippen LogP contribution < -0.4 is 0 Å². The van der Waals surface area contributed by atoms with Crippen LogP contribution in [0.2, 0.25) is 0 Å². The van der Waals surface area contributed by atoms with E-state index in [1.54, 1.807) is 0 Å². The van der Waals surface area contributed by atoms with Crippen LogP contribution in [0.4, 0.5) is 0 Å². The third-order valence-corrected chi connectivity index (χ3v) is 3.96. The normalized spacial score (nSPS) is 25.0. The molecule has 88 valence electrons. The fourth-order valence-electron chi connectivity index (χ4n) is 2.99. The van der Waals surface area contributed by atoms with Crippen LogP contribution in [0, 0.1) is 0 Å². The molecule has 1 aliphatic rings. The van der Waals surface area contributed by atoms with Gasteiger partial charge in [0.25, 0.3) is 0 Å². The Labute approximate surface area is 102 Å². The average molecular weight is 226 g/mol. The Hall–Kier alpha value is -1.34. The lowest BCUT2D eigenvalue weighted by Crippen LogP contribution is -2.17. The van der Waals surface area contributed by atoms with Crippen molar-refractivity contribution in [1.29, 1.82) is 0 Å². The summed E-state index contributed by atoms with van der Waals surface area (Å²) in [6, 6.07) is 15.2. The first-order valence-corrected chi connectivity index (χ1v) is 6.50. The summed E-state index contributed by atoms with van der Waals surface area (Å²) >= 11 is 0. The van der Waals surface area contributed by atoms with Gasteiger partial charge in [-0.05, 0) is 47.9 Å². The molecule has 0 heterocycles. The van der Waals surface area contributed by atoms with E-state index in [2.05, 4.69) is 42.5 Å². The molecule has 2 aromatic carbocycles. The smallest absolute Gasteiger partial charge is 0.0540 e. The Balaban J connectivity index is 2.00. The summed E-state index contributed by atoms with van der Waals surface area (Å²) in [6.45, 7) is 0. The molecule has 0 bridgehead atoms. The van der Waals surface area contributed by atoms with Crippen LogP contribution in [0.1, 0.15) is 37.2 Å². The van der Waals surface area contributed by atoms with Crippen molar-refractivity contribution in [2.75, 3.05) is 0 Å². The summed E-state index contributed by atoms with van der Waals surface area (Å²) in [5.74, 6) is 0.629. The molecule has 1 heteroatoms. The Morgan fingerprint density at radius 1 is 0.824 bits per heavy atom. The Morgan fingerprint density at radius 2 is 1.53 bits per heavy atom. The van der Waals surface area contributed by atoms with Crippen molar-refractivity contribution >= 4 is 10.8 Å². The van der Waals surface area contributed by atoms with Gasteiger partial charge in [0.1, 0.15) is 0 Å². The van der Waals surface area contributed by atoms with Gasteiger partial charge < -0.3 is 5.11 Å². The van der Waals surface area contributed by atoms with Gasteiger partial charge in [0.05, 0.1) is 6.10 Å². The number of aliphatic hydroxyl groups excluding tert-OH is 1. The quantitative estimate of drug-likeness (QED) is 0.783. The van der Waals surface area contributed by atoms with E-state index in [9.17, 15) is 5.11 Å². The monoisotopic (exact) mass is 226 g/mol. The van der Waals surface area contributed by atoms with E-state index in [4.69, 9.17) is 0 Å². The van der Waals surface area contributed by atoms with Gasteiger partial charge in [-0.2, -0.15) is 0 Å². The fraction of sp³-hybridized carbons (Fsp3) is 0.375. The van der Waals surface area contributed by atoms with Crippen LogP contribution in [-0.2, 0) is 0 Å². The molecule has 0 radical (unpaired) electrons. The molecule has 0 atom stereocenters. The molecule has 0 aliphatic heterocycles. The topological polar surface area (TPSA) is 20.2 Å². The molecule has 1 aliphatic carbocycles. The molecule has 0 saturated heterocycles. The van der Waals surface area contributed by atoms with Gasteiger partial charge >= 0.3 is 0 Å². The SMILES string of the molecule is OC1CCC(c2cccc3ccccc23)CC1. The van der Waals surface area contributed by atoms with Gasteiger partial charge in [0.15, 0.2) is 0 Å². The second kappa shape index (κ2) is 4.50. The number of fused-ring (bicyclic) bond motifs is 1. The largest absolute Gasteiger partial charge is 0.393 e. The molecule has 17 heavy (non-hydrogen) atoms. The lowest BCUT2D eigenvalue weighted by Gasteiger charge is -2.26. The van der Waals surface area contributed by atoms with E-state index in [-0.39, 0.29) is 6.10 Å². The van der Waals surface area contributed by atoms with Gasteiger partial charge in [-0.3, -0.25) is 0 Å². The van der Waals surface area contributed by atoms with Crippen LogP contribution in [0.25, 0.3) is 10.8 Å². The van der Waals surface area contributed by atoms with Crippen molar-refractivity contribution in [3.63, 3.8) is 0 Å². The minimum Gasteiger partial charge on any atom is -0.393 e. The summed E-state index contributed by atoms with van der Waals surface area (Å²) in [7, 11) is 0. The van der Waals surface area contributed by atoms with E-state index in [0.717, 1.165) is 25.7 Å². The molecule has 0 aromatic heterocycles. The maximum atomic E-state index is 9.59. The number of aliphatic hydroxyl groups is 1. The standard InChI is InChI=1S/C16H18O/c17-14-10-8-13(9-11-14)16-7-3-5-12-4-1-2-6-15(12)16/h1-7,13-14,17H,8-11H2. The predicted octanol–water partition coefficient (Wildman–Crippen LogP) is 3.86. The fourth-order valence-corrected chi connectivity index (χ4v) is 2.99. The molecule has 0 unspecified atom stereocenters. The Morgan fingerprint density at radius 3 is 2.35 bits per heavy atom. The van der Waals surface area contributed by atoms with Crippen molar-refractivity contribution in [1.82, 2.24) is 0 Å². The molecular weight excluding hydrogens is 208 g/mol. The molecule has 3 rings (SSSR count). The van der Waals surface area contributed by atoms with Crippen molar-refractivity contribution in [2.45, 2.75) is 37.7 Å². The highest BCUT2D eigenvalue weighted by Gasteiger charge is 2.21. The van der Waals surface area contributed by atoms with E-state index < -0.39 is 0 Å². The first-order valence-electron chi connectivity index (χ1n) is 6.50. The Bertz CT molecular complexity index is 504. The summed E-state index contributed by atoms with van der Waals surface area (Å²) in [5, 5.41) is 12.3. The lowest BCUT2D eigenvalue weighted by molar-refractivity contribution is 0.123. The van der Waals surface area contributed by atoms with Crippen LogP contribution >= 0.6 is 0 Å². The number of rotatable bonds is 1. The third kappa shape index (κ3) is 2.07. The first-order chi connectivity index (χ1) is 8.34. The van der Waals surface area contributed by atoms with Gasteiger partial charge in [-0.15, -0.1) is 0 Å². The zero-order valence-corrected chi connectivity index (χ0v) is 9.97. The highest BCUT2D eigenvalue weighted by atomic mass is 16.3. The van der Waals surface area contributed by atoms with Gasteiger partial charge in [-0.25, -0.2) is 0 Å². The Kier molecular flexibility index (Phi) is 2.86. The predicted molar refractivity (Wildman–Crippen MR) is 71.2 cm³/mol. The summed E-state index contributed by atoms with van der Waals surface area (Å²) in [6.07, 6.45) is 4.08. The maximum Gasteiger partial charge on any atom is 0.0540 e. The average Bonchev–Trinajstić information content (AvgIpc) is 2.39. The van der Waals surface area contributed by atoms with Crippen molar-refractivity contribution in [3.05, 3.63) is 48.0 Å². The van der Waals surface area contributed by atoms with Gasteiger partial charge in [0, 0.05) is 0 Å². The minimum atomic E-state index is -0.0683. The van der Waals surface area contributed by atoms with Crippen molar-refractivity contribution in [2.24, 2.45) is 0 Å². The van der Waals surface area contributed by atoms with Crippen LogP contribution in [-0.4, -0.2) is 11.2 Å². The molecule has 0 spiro atoms. The summed E-state index contributed by atoms with van der Waals surface area (Å²) in [5.41, 5.74) is 1.47. The minimum absolute atomic E-state index is 0.0683. The zero-order valence-electron chi connectivity index (χ0n) is 9.97. The molecule has 1 fully saturated rings. The van der Waals surface area contributed by atoms with E-state index in [1.165, 1.54) is 16.3 Å². The highest BCUT2D eigenvalue weighted by Crippen LogP contribution is 2.36. The third-order valence-electron chi connectivity index (χ3n) is 3.96. The van der Waals surface area contributed by atoms with E-state index in [1.807, 2.05) is 0 Å². The molecule has 0 amide bonds. The second-order valence-electron chi connectivity index (χ2n) is 5.07. The number of hydrogen-bond acceptors (Lipinski definition) is 1. The summed E-state index contributed by atoms with van der Waals surface area (Å²) in [4.78, 5) is 0. The number of hydrogen-bond donors (Lipinski definition) is 1.